The predicted molar refractivity (Wildman–Crippen MR) is 100 cm³/mol. The fraction of sp³-hybridized carbons (Fsp3) is 0.333. The van der Waals surface area contributed by atoms with Crippen LogP contribution in [0.4, 0.5) is 24.8 Å². The van der Waals surface area contributed by atoms with Crippen molar-refractivity contribution in [1.82, 2.24) is 9.97 Å². The van der Waals surface area contributed by atoms with E-state index in [1.807, 2.05) is 6.07 Å². The van der Waals surface area contributed by atoms with E-state index >= 15 is 0 Å². The molecule has 1 aromatic heterocycles. The minimum atomic E-state index is -4.60. The van der Waals surface area contributed by atoms with Crippen molar-refractivity contribution in [3.63, 3.8) is 0 Å². The molecule has 1 heterocycles. The quantitative estimate of drug-likeness (QED) is 0.609. The van der Waals surface area contributed by atoms with Gasteiger partial charge in [-0.2, -0.15) is 23.4 Å². The van der Waals surface area contributed by atoms with Crippen molar-refractivity contribution in [3.8, 4) is 11.9 Å². The number of halogens is 3. The lowest BCUT2D eigenvalue weighted by atomic mass is 9.92. The second-order valence-electron chi connectivity index (χ2n) is 6.09. The van der Waals surface area contributed by atoms with Gasteiger partial charge in [-0.15, -0.1) is 0 Å². The van der Waals surface area contributed by atoms with E-state index in [-0.39, 0.29) is 35.4 Å². The van der Waals surface area contributed by atoms with Gasteiger partial charge in [0.15, 0.2) is 5.54 Å². The fourth-order valence-electron chi connectivity index (χ4n) is 2.61. The molecule has 0 bridgehead atoms. The smallest absolute Gasteiger partial charge is 0.416 e. The number of anilines is 2. The Labute approximate surface area is 169 Å². The number of benzene rings is 1. The van der Waals surface area contributed by atoms with Crippen LogP contribution in [-0.2, 0) is 21.2 Å². The van der Waals surface area contributed by atoms with E-state index in [1.165, 1.54) is 13.2 Å². The summed E-state index contributed by atoms with van der Waals surface area (Å²) >= 11 is 0. The van der Waals surface area contributed by atoms with Gasteiger partial charge in [-0.1, -0.05) is 6.07 Å². The van der Waals surface area contributed by atoms with Crippen LogP contribution in [0.2, 0.25) is 0 Å². The molecule has 5 N–H and O–H groups in total. The van der Waals surface area contributed by atoms with E-state index in [2.05, 4.69) is 15.3 Å². The molecule has 0 radical (unpaired) electrons. The number of nitrogens with two attached hydrogens (primary N) is 2. The lowest BCUT2D eigenvalue weighted by Crippen LogP contribution is -2.53. The molecule has 0 unspecified atom stereocenters. The van der Waals surface area contributed by atoms with Gasteiger partial charge in [0.25, 0.3) is 5.91 Å². The Kier molecular flexibility index (Phi) is 6.81. The van der Waals surface area contributed by atoms with Crippen LogP contribution in [0.1, 0.15) is 23.7 Å². The summed E-state index contributed by atoms with van der Waals surface area (Å²) in [6, 6.07) is 5.80. The number of nitrogen functional groups attached to an aromatic ring is 1. The molecular formula is C18H19F3N6O3. The summed E-state index contributed by atoms with van der Waals surface area (Å²) in [5.41, 5.74) is 8.17. The summed E-state index contributed by atoms with van der Waals surface area (Å²) < 4.78 is 49.1. The Bertz CT molecular complexity index is 977. The molecule has 0 aliphatic rings. The number of rotatable bonds is 7. The van der Waals surface area contributed by atoms with Crippen LogP contribution < -0.4 is 21.5 Å². The number of amides is 1. The monoisotopic (exact) mass is 424 g/mol. The minimum absolute atomic E-state index is 0.142. The van der Waals surface area contributed by atoms with Crippen molar-refractivity contribution < 1.29 is 27.4 Å². The first-order valence-electron chi connectivity index (χ1n) is 8.54. The molecule has 12 heteroatoms. The second kappa shape index (κ2) is 8.93. The van der Waals surface area contributed by atoms with E-state index < -0.39 is 29.8 Å². The highest BCUT2D eigenvalue weighted by Gasteiger charge is 2.42. The summed E-state index contributed by atoms with van der Waals surface area (Å²) in [4.78, 5) is 20.7. The highest BCUT2D eigenvalue weighted by atomic mass is 19.4. The zero-order valence-corrected chi connectivity index (χ0v) is 16.1. The topological polar surface area (TPSA) is 149 Å². The fourth-order valence-corrected chi connectivity index (χ4v) is 2.61. The van der Waals surface area contributed by atoms with E-state index in [1.54, 1.807) is 6.92 Å². The molecule has 1 atom stereocenters. The summed E-state index contributed by atoms with van der Waals surface area (Å²) in [6.45, 7) is 1.32. The number of nitrogens with one attached hydrogen (secondary N) is 1. The summed E-state index contributed by atoms with van der Waals surface area (Å²) in [7, 11) is 1.25. The molecule has 1 aromatic carbocycles. The number of carbonyl (C=O) groups excluding carboxylic acids is 1. The van der Waals surface area contributed by atoms with Crippen molar-refractivity contribution in [3.05, 3.63) is 41.1 Å². The van der Waals surface area contributed by atoms with E-state index in [9.17, 15) is 23.2 Å². The molecule has 0 aliphatic heterocycles. The molecule has 2 aromatic rings. The van der Waals surface area contributed by atoms with Gasteiger partial charge in [0, 0.05) is 12.8 Å². The summed E-state index contributed by atoms with van der Waals surface area (Å²) in [5, 5.41) is 11.8. The van der Waals surface area contributed by atoms with Crippen LogP contribution in [-0.4, -0.2) is 36.2 Å². The van der Waals surface area contributed by atoms with Crippen LogP contribution in [0.25, 0.3) is 0 Å². The number of nitrogens with zero attached hydrogens (tertiary/aromatic N) is 3. The Morgan fingerprint density at radius 3 is 2.60 bits per heavy atom. The Balaban J connectivity index is 2.53. The zero-order chi connectivity index (χ0) is 22.5. The average molecular weight is 424 g/mol. The van der Waals surface area contributed by atoms with Gasteiger partial charge in [-0.25, -0.2) is 4.98 Å². The Morgan fingerprint density at radius 1 is 1.33 bits per heavy atom. The Hall–Kier alpha value is -3.43. The highest BCUT2D eigenvalue weighted by Crippen LogP contribution is 2.32. The van der Waals surface area contributed by atoms with Gasteiger partial charge in [0.1, 0.15) is 11.6 Å². The predicted octanol–water partition coefficient (Wildman–Crippen LogP) is 1.79. The molecule has 9 nitrogen and oxygen atoms in total. The van der Waals surface area contributed by atoms with Gasteiger partial charge < -0.3 is 26.3 Å². The highest BCUT2D eigenvalue weighted by molar-refractivity contribution is 5.99. The first-order valence-corrected chi connectivity index (χ1v) is 8.54. The number of nitriles is 1. The molecule has 0 spiro atoms. The molecular weight excluding hydrogens is 405 g/mol. The van der Waals surface area contributed by atoms with E-state index in [0.717, 1.165) is 18.2 Å². The van der Waals surface area contributed by atoms with Crippen molar-refractivity contribution in [1.29, 1.82) is 5.26 Å². The summed E-state index contributed by atoms with van der Waals surface area (Å²) in [6.07, 6.45) is -4.60. The second-order valence-corrected chi connectivity index (χ2v) is 6.09. The van der Waals surface area contributed by atoms with Gasteiger partial charge in [0.05, 0.1) is 24.5 Å². The zero-order valence-electron chi connectivity index (χ0n) is 16.1. The molecule has 0 saturated heterocycles. The minimum Gasteiger partial charge on any atom is -0.477 e. The third-order valence-electron chi connectivity index (χ3n) is 3.93. The van der Waals surface area contributed by atoms with Crippen LogP contribution >= 0.6 is 0 Å². The van der Waals surface area contributed by atoms with Crippen molar-refractivity contribution in [2.45, 2.75) is 18.6 Å². The largest absolute Gasteiger partial charge is 0.477 e. The van der Waals surface area contributed by atoms with Gasteiger partial charge in [-0.3, -0.25) is 4.79 Å². The number of hydrogen-bond donors (Lipinski definition) is 3. The van der Waals surface area contributed by atoms with Crippen LogP contribution in [0.15, 0.2) is 24.3 Å². The maximum atomic E-state index is 13.0. The van der Waals surface area contributed by atoms with Crippen LogP contribution in [0.3, 0.4) is 0 Å². The molecule has 160 valence electrons. The molecule has 30 heavy (non-hydrogen) atoms. The lowest BCUT2D eigenvalue weighted by Gasteiger charge is -2.28. The van der Waals surface area contributed by atoms with Crippen molar-refractivity contribution >= 4 is 17.5 Å². The maximum Gasteiger partial charge on any atom is 0.416 e. The number of hydrogen-bond acceptors (Lipinski definition) is 8. The van der Waals surface area contributed by atoms with Gasteiger partial charge >= 0.3 is 6.18 Å². The SMILES string of the molecule is CCOc1nc(N)nc([C@](N)(COC)C(=O)Nc2cccc(C(F)(F)F)c2)c1C#N. The molecule has 0 saturated carbocycles. The number of aromatic nitrogens is 2. The Morgan fingerprint density at radius 2 is 2.03 bits per heavy atom. The van der Waals surface area contributed by atoms with Gasteiger partial charge in [0.2, 0.25) is 11.8 Å². The average Bonchev–Trinajstić information content (AvgIpc) is 2.67. The molecule has 1 amide bonds. The number of ether oxygens (including phenoxy) is 2. The number of alkyl halides is 3. The van der Waals surface area contributed by atoms with E-state index in [0.29, 0.717) is 0 Å². The normalized spacial score (nSPS) is 13.2. The first-order chi connectivity index (χ1) is 14.1. The van der Waals surface area contributed by atoms with Crippen molar-refractivity contribution in [2.24, 2.45) is 5.73 Å². The first kappa shape index (κ1) is 22.9. The van der Waals surface area contributed by atoms with Gasteiger partial charge in [-0.05, 0) is 25.1 Å². The van der Waals surface area contributed by atoms with Crippen molar-refractivity contribution in [2.75, 3.05) is 31.4 Å². The molecule has 0 aliphatic carbocycles. The van der Waals surface area contributed by atoms with Crippen LogP contribution in [0, 0.1) is 11.3 Å². The van der Waals surface area contributed by atoms with E-state index in [4.69, 9.17) is 20.9 Å². The molecule has 2 rings (SSSR count). The maximum absolute atomic E-state index is 13.0. The van der Waals surface area contributed by atoms with Crippen LogP contribution in [0.5, 0.6) is 5.88 Å². The number of carbonyl (C=O) groups is 1. The third-order valence-corrected chi connectivity index (χ3v) is 3.93. The molecule has 0 fully saturated rings. The lowest BCUT2D eigenvalue weighted by molar-refractivity contribution is -0.137. The standard InChI is InChI=1S/C18H19F3N6O3/c1-3-30-14-12(8-22)13(26-16(23)27-14)17(24,9-29-2)15(28)25-11-6-4-5-10(7-11)18(19,20)21/h4-7H,3,9,24H2,1-2H3,(H,25,28)(H2,23,26,27)/t17-/m1/s1. The third kappa shape index (κ3) is 4.76. The summed E-state index contributed by atoms with van der Waals surface area (Å²) in [5.74, 6) is -1.47. The number of methoxy groups -OCH3 is 1.